The van der Waals surface area contributed by atoms with Crippen LogP contribution in [0.4, 0.5) is 0 Å². The van der Waals surface area contributed by atoms with Gasteiger partial charge in [0.1, 0.15) is 23.3 Å². The second-order valence-electron chi connectivity index (χ2n) is 2.34. The van der Waals surface area contributed by atoms with E-state index in [2.05, 4.69) is 25.4 Å². The summed E-state index contributed by atoms with van der Waals surface area (Å²) in [5, 5.41) is 0. The van der Waals surface area contributed by atoms with E-state index in [-0.39, 0.29) is 34.0 Å². The fraction of sp³-hybridized carbons (Fsp3) is 0.571. The molecular weight excluding hydrogens is 411 g/mol. The zero-order chi connectivity index (χ0) is 11.0. The number of carbonyl (C=O) groups excluding carboxylic acids is 3. The molecule has 13 heavy (non-hydrogen) atoms. The zero-order valence-corrected chi connectivity index (χ0v) is 13.6. The molecule has 0 aromatic carbocycles. The average Bonchev–Trinajstić information content (AvgIpc) is 1.84. The van der Waals surface area contributed by atoms with Gasteiger partial charge in [0.05, 0.1) is 0 Å². The van der Waals surface area contributed by atoms with Crippen LogP contribution in [0.2, 0.25) is 0 Å². The van der Waals surface area contributed by atoms with Crippen LogP contribution in [0.25, 0.3) is 0 Å². The topological polar surface area (TPSA) is 51.2 Å². The molecule has 0 spiro atoms. The molecule has 0 aliphatic rings. The first-order chi connectivity index (χ1) is 5.88. The number of Topliss-reactive ketones (excluding diaryl/α,β-unsaturated/α-hetero) is 3. The number of hydrogen-bond donors (Lipinski definition) is 0. The molecule has 0 heterocycles. The van der Waals surface area contributed by atoms with Gasteiger partial charge in [0.15, 0.2) is 0 Å². The zero-order valence-electron chi connectivity index (χ0n) is 7.56. The monoisotopic (exact) mass is 420 g/mol. The summed E-state index contributed by atoms with van der Waals surface area (Å²) >= 11 is 6.32. The Hall–Kier alpha value is 0.769. The molecule has 2 radical (unpaired) electrons. The van der Waals surface area contributed by atoms with Gasteiger partial charge in [-0.05, 0) is 20.8 Å². The van der Waals surface area contributed by atoms with Gasteiger partial charge in [-0.2, -0.15) is 0 Å². The van der Waals surface area contributed by atoms with E-state index in [1.54, 1.807) is 0 Å². The second-order valence-corrected chi connectivity index (χ2v) is 15.2. The van der Waals surface area contributed by atoms with E-state index in [1.807, 2.05) is 0 Å². The molecule has 3 nitrogen and oxygen atoms in total. The van der Waals surface area contributed by atoms with E-state index in [9.17, 15) is 14.4 Å². The van der Waals surface area contributed by atoms with Crippen LogP contribution in [-0.2, 0) is 14.4 Å². The summed E-state index contributed by atoms with van der Waals surface area (Å²) in [7, 11) is 0. The van der Waals surface area contributed by atoms with E-state index >= 15 is 0 Å². The Morgan fingerprint density at radius 3 is 1.08 bits per heavy atom. The summed E-state index contributed by atoms with van der Waals surface area (Å²) in [5.74, 6) is -2.15. The molecule has 0 aromatic heterocycles. The standard InChI is InChI=1S/C7H10O3.2BrH.Sn/c1-4(8)7(5(2)9)6(3)10;;;/h7H,1-3H3;2*1H;/q;;;+2/p-2. The number of carbonyl (C=O) groups is 3. The van der Waals surface area contributed by atoms with Gasteiger partial charge in [0.2, 0.25) is 0 Å². The van der Waals surface area contributed by atoms with Gasteiger partial charge in [-0.25, -0.2) is 0 Å². The molecule has 0 unspecified atom stereocenters. The number of ketones is 3. The molecule has 0 bridgehead atoms. The van der Waals surface area contributed by atoms with Gasteiger partial charge in [0, 0.05) is 0 Å². The molecule has 6 heteroatoms. The summed E-state index contributed by atoms with van der Waals surface area (Å²) in [6, 6.07) is 0. The van der Waals surface area contributed by atoms with Crippen LogP contribution in [-0.4, -0.2) is 34.0 Å². The van der Waals surface area contributed by atoms with Crippen molar-refractivity contribution in [2.75, 3.05) is 0 Å². The fourth-order valence-electron chi connectivity index (χ4n) is 0.859. The van der Waals surface area contributed by atoms with Crippen molar-refractivity contribution < 1.29 is 14.4 Å². The molecule has 0 rings (SSSR count). The minimum absolute atomic E-state index is 0.145. The molecule has 0 aromatic rings. The van der Waals surface area contributed by atoms with Crippen LogP contribution < -0.4 is 0 Å². The number of halogens is 2. The van der Waals surface area contributed by atoms with E-state index in [0.29, 0.717) is 0 Å². The van der Waals surface area contributed by atoms with Gasteiger partial charge < -0.3 is 0 Å². The van der Waals surface area contributed by atoms with Gasteiger partial charge in [-0.3, -0.25) is 14.4 Å². The van der Waals surface area contributed by atoms with Crippen molar-refractivity contribution in [3.8, 4) is 0 Å². The third kappa shape index (κ3) is 9.08. The van der Waals surface area contributed by atoms with Crippen LogP contribution in [0.1, 0.15) is 20.8 Å². The second kappa shape index (κ2) is 9.33. The van der Waals surface area contributed by atoms with Crippen molar-refractivity contribution >= 4 is 59.5 Å². The third-order valence-electron chi connectivity index (χ3n) is 1.22. The fourth-order valence-corrected chi connectivity index (χ4v) is 0.859. The van der Waals surface area contributed by atoms with E-state index in [4.69, 9.17) is 0 Å². The Bertz CT molecular complexity index is 173. The molecular formula is C7H10Br2O3Sn. The number of rotatable bonds is 3. The van der Waals surface area contributed by atoms with Crippen molar-refractivity contribution in [2.45, 2.75) is 20.8 Å². The molecule has 0 N–H and O–H groups in total. The van der Waals surface area contributed by atoms with Crippen LogP contribution in [0.15, 0.2) is 0 Å². The van der Waals surface area contributed by atoms with Gasteiger partial charge in [0.25, 0.3) is 0 Å². The van der Waals surface area contributed by atoms with Crippen LogP contribution in [0.3, 0.4) is 0 Å². The Morgan fingerprint density at radius 2 is 1.08 bits per heavy atom. The maximum atomic E-state index is 10.6. The van der Waals surface area contributed by atoms with Crippen molar-refractivity contribution in [3.05, 3.63) is 0 Å². The normalized spacial score (nSPS) is 8.77. The van der Waals surface area contributed by atoms with E-state index in [0.717, 1.165) is 0 Å². The molecule has 0 amide bonds. The molecule has 0 saturated heterocycles. The van der Waals surface area contributed by atoms with Crippen molar-refractivity contribution in [3.63, 3.8) is 0 Å². The SMILES string of the molecule is CC(=O)C(C(C)=O)C(C)=O.[Br][Sn][Br]. The molecule has 0 saturated carbocycles. The Balaban J connectivity index is 0. The molecule has 0 fully saturated rings. The van der Waals surface area contributed by atoms with E-state index < -0.39 is 5.92 Å². The third-order valence-corrected chi connectivity index (χ3v) is 1.22. The Morgan fingerprint density at radius 1 is 0.923 bits per heavy atom. The molecule has 74 valence electrons. The summed E-state index contributed by atoms with van der Waals surface area (Å²) in [4.78, 5) is 31.8. The molecule has 0 aliphatic heterocycles. The van der Waals surface area contributed by atoms with E-state index in [1.165, 1.54) is 20.8 Å². The number of hydrogen-bond acceptors (Lipinski definition) is 3. The summed E-state index contributed by atoms with van der Waals surface area (Å²) in [6.07, 6.45) is 0. The average molecular weight is 421 g/mol. The van der Waals surface area contributed by atoms with Gasteiger partial charge in [-0.15, -0.1) is 0 Å². The molecule has 0 atom stereocenters. The maximum absolute atomic E-state index is 10.6. The first-order valence-electron chi connectivity index (χ1n) is 3.36. The van der Waals surface area contributed by atoms with Gasteiger partial charge >= 0.3 is 42.1 Å². The van der Waals surface area contributed by atoms with Crippen LogP contribution in [0, 0.1) is 5.92 Å². The molecule has 0 aliphatic carbocycles. The Kier molecular flexibility index (Phi) is 11.6. The first kappa shape index (κ1) is 16.2. The first-order valence-corrected chi connectivity index (χ1v) is 16.2. The summed E-state index contributed by atoms with van der Waals surface area (Å²) in [5.41, 5.74) is 0. The van der Waals surface area contributed by atoms with Gasteiger partial charge in [-0.1, -0.05) is 0 Å². The Labute approximate surface area is 99.8 Å². The predicted molar refractivity (Wildman–Crippen MR) is 59.1 cm³/mol. The predicted octanol–water partition coefficient (Wildman–Crippen LogP) is 1.68. The minimum atomic E-state index is -1.03. The van der Waals surface area contributed by atoms with Crippen LogP contribution in [0.5, 0.6) is 0 Å². The van der Waals surface area contributed by atoms with Crippen molar-refractivity contribution in [1.29, 1.82) is 0 Å². The summed E-state index contributed by atoms with van der Waals surface area (Å²) in [6.45, 7) is 3.73. The quantitative estimate of drug-likeness (QED) is 0.516. The van der Waals surface area contributed by atoms with Crippen molar-refractivity contribution in [2.24, 2.45) is 5.92 Å². The van der Waals surface area contributed by atoms with Crippen LogP contribution >= 0.6 is 25.4 Å². The van der Waals surface area contributed by atoms with Crippen molar-refractivity contribution in [1.82, 2.24) is 0 Å². The summed E-state index contributed by atoms with van der Waals surface area (Å²) < 4.78 is 0.